The lowest BCUT2D eigenvalue weighted by Crippen LogP contribution is -2.40. The average Bonchev–Trinajstić information content (AvgIpc) is 3.11. The molecule has 1 aliphatic rings. The van der Waals surface area contributed by atoms with Crippen LogP contribution in [0.4, 0.5) is 0 Å². The van der Waals surface area contributed by atoms with E-state index in [0.717, 1.165) is 6.42 Å². The van der Waals surface area contributed by atoms with E-state index < -0.39 is 6.10 Å². The molecule has 0 N–H and O–H groups in total. The lowest BCUT2D eigenvalue weighted by atomic mass is 10.3. The molecule has 0 bridgehead atoms. The van der Waals surface area contributed by atoms with Gasteiger partial charge >= 0.3 is 0 Å². The number of likely N-dealkylation sites (tertiary alicyclic amines) is 1. The van der Waals surface area contributed by atoms with Gasteiger partial charge in [0.05, 0.1) is 13.7 Å². The summed E-state index contributed by atoms with van der Waals surface area (Å²) >= 11 is 0. The van der Waals surface area contributed by atoms with Gasteiger partial charge in [0.2, 0.25) is 0 Å². The first kappa shape index (κ1) is 17.0. The van der Waals surface area contributed by atoms with E-state index in [1.165, 1.54) is 7.11 Å². The molecule has 7 nitrogen and oxygen atoms in total. The van der Waals surface area contributed by atoms with Gasteiger partial charge in [0, 0.05) is 25.4 Å². The van der Waals surface area contributed by atoms with E-state index in [9.17, 15) is 4.79 Å². The van der Waals surface area contributed by atoms with Crippen molar-refractivity contribution in [3.63, 3.8) is 0 Å². The maximum atomic E-state index is 12.6. The van der Waals surface area contributed by atoms with Crippen LogP contribution in [0.2, 0.25) is 0 Å². The standard InChI is InChI=1S/C18H21N3O4/c1-13(24-14-6-4-3-5-7-14)18(22)21-11-8-15(12-21)25-17-16(23-2)19-9-10-20-17/h3-7,9-10,13,15H,8,11-12H2,1-2H3/t13-,15+/m1/s1. The second kappa shape index (κ2) is 7.83. The number of rotatable bonds is 6. The van der Waals surface area contributed by atoms with Crippen LogP contribution in [0.1, 0.15) is 13.3 Å². The Morgan fingerprint density at radius 1 is 1.20 bits per heavy atom. The molecule has 1 aromatic carbocycles. The summed E-state index contributed by atoms with van der Waals surface area (Å²) in [5.41, 5.74) is 0. The van der Waals surface area contributed by atoms with Crippen LogP contribution >= 0.6 is 0 Å². The summed E-state index contributed by atoms with van der Waals surface area (Å²) < 4.78 is 16.7. The molecule has 25 heavy (non-hydrogen) atoms. The van der Waals surface area contributed by atoms with Crippen LogP contribution in [0.15, 0.2) is 42.7 Å². The number of aromatic nitrogens is 2. The topological polar surface area (TPSA) is 73.8 Å². The number of para-hydroxylation sites is 1. The zero-order chi connectivity index (χ0) is 17.6. The zero-order valence-electron chi connectivity index (χ0n) is 14.3. The molecule has 1 saturated heterocycles. The Hall–Kier alpha value is -2.83. The fourth-order valence-electron chi connectivity index (χ4n) is 2.73. The van der Waals surface area contributed by atoms with E-state index in [4.69, 9.17) is 14.2 Å². The minimum Gasteiger partial charge on any atom is -0.481 e. The number of ether oxygens (including phenoxy) is 3. The number of hydrogen-bond acceptors (Lipinski definition) is 6. The van der Waals surface area contributed by atoms with Crippen molar-refractivity contribution >= 4 is 5.91 Å². The molecule has 7 heteroatoms. The van der Waals surface area contributed by atoms with E-state index in [0.29, 0.717) is 30.6 Å². The monoisotopic (exact) mass is 343 g/mol. The van der Waals surface area contributed by atoms with E-state index in [2.05, 4.69) is 9.97 Å². The first-order chi connectivity index (χ1) is 12.2. The van der Waals surface area contributed by atoms with E-state index in [1.54, 1.807) is 24.2 Å². The van der Waals surface area contributed by atoms with Crippen molar-refractivity contribution in [3.05, 3.63) is 42.7 Å². The first-order valence-electron chi connectivity index (χ1n) is 8.19. The molecule has 132 valence electrons. The fraction of sp³-hybridized carbons (Fsp3) is 0.389. The van der Waals surface area contributed by atoms with Crippen LogP contribution in [0.25, 0.3) is 0 Å². The SMILES string of the molecule is COc1nccnc1O[C@H]1CCN(C(=O)[C@@H](C)Oc2ccccc2)C1. The molecule has 3 rings (SSSR count). The van der Waals surface area contributed by atoms with Crippen LogP contribution in [0, 0.1) is 0 Å². The van der Waals surface area contributed by atoms with Gasteiger partial charge in [0.15, 0.2) is 6.10 Å². The number of methoxy groups -OCH3 is 1. The molecule has 0 saturated carbocycles. The van der Waals surface area contributed by atoms with Crippen molar-refractivity contribution in [2.24, 2.45) is 0 Å². The Morgan fingerprint density at radius 3 is 2.64 bits per heavy atom. The maximum Gasteiger partial charge on any atom is 0.278 e. The summed E-state index contributed by atoms with van der Waals surface area (Å²) in [5.74, 6) is 1.31. The minimum atomic E-state index is -0.549. The molecular formula is C18H21N3O4. The molecule has 0 aliphatic carbocycles. The van der Waals surface area contributed by atoms with Gasteiger partial charge in [0.1, 0.15) is 11.9 Å². The Bertz CT molecular complexity index is 710. The Labute approximate surface area is 146 Å². The van der Waals surface area contributed by atoms with Crippen molar-refractivity contribution in [2.45, 2.75) is 25.6 Å². The lowest BCUT2D eigenvalue weighted by molar-refractivity contribution is -0.137. The molecule has 1 fully saturated rings. The van der Waals surface area contributed by atoms with Crippen molar-refractivity contribution in [3.8, 4) is 17.5 Å². The van der Waals surface area contributed by atoms with E-state index in [-0.39, 0.29) is 12.0 Å². The van der Waals surface area contributed by atoms with Gasteiger partial charge in [0.25, 0.3) is 17.7 Å². The average molecular weight is 343 g/mol. The third kappa shape index (κ3) is 4.17. The summed E-state index contributed by atoms with van der Waals surface area (Å²) in [6, 6.07) is 9.32. The highest BCUT2D eigenvalue weighted by Gasteiger charge is 2.31. The van der Waals surface area contributed by atoms with Gasteiger partial charge in [-0.05, 0) is 19.1 Å². The number of carbonyl (C=O) groups is 1. The van der Waals surface area contributed by atoms with Gasteiger partial charge in [-0.1, -0.05) is 18.2 Å². The smallest absolute Gasteiger partial charge is 0.278 e. The van der Waals surface area contributed by atoms with E-state index in [1.807, 2.05) is 30.3 Å². The Kier molecular flexibility index (Phi) is 5.33. The lowest BCUT2D eigenvalue weighted by Gasteiger charge is -2.22. The highest BCUT2D eigenvalue weighted by atomic mass is 16.5. The number of nitrogens with zero attached hydrogens (tertiary/aromatic N) is 3. The van der Waals surface area contributed by atoms with E-state index >= 15 is 0 Å². The normalized spacial score (nSPS) is 17.8. The minimum absolute atomic E-state index is 0.0546. The number of carbonyl (C=O) groups excluding carboxylic acids is 1. The largest absolute Gasteiger partial charge is 0.481 e. The molecule has 0 radical (unpaired) electrons. The molecule has 0 unspecified atom stereocenters. The summed E-state index contributed by atoms with van der Waals surface area (Å²) in [7, 11) is 1.52. The second-order valence-corrected chi connectivity index (χ2v) is 5.76. The van der Waals surface area contributed by atoms with Gasteiger partial charge in [-0.3, -0.25) is 4.79 Å². The van der Waals surface area contributed by atoms with Gasteiger partial charge in [-0.2, -0.15) is 0 Å². The molecule has 2 heterocycles. The van der Waals surface area contributed by atoms with Gasteiger partial charge in [-0.15, -0.1) is 0 Å². The van der Waals surface area contributed by atoms with Crippen LogP contribution < -0.4 is 14.2 Å². The van der Waals surface area contributed by atoms with Crippen LogP contribution in [0.5, 0.6) is 17.5 Å². The molecule has 1 aromatic heterocycles. The predicted molar refractivity (Wildman–Crippen MR) is 90.7 cm³/mol. The van der Waals surface area contributed by atoms with Crippen molar-refractivity contribution in [2.75, 3.05) is 20.2 Å². The quantitative estimate of drug-likeness (QED) is 0.798. The zero-order valence-corrected chi connectivity index (χ0v) is 14.3. The van der Waals surface area contributed by atoms with Crippen molar-refractivity contribution in [1.82, 2.24) is 14.9 Å². The molecule has 2 atom stereocenters. The van der Waals surface area contributed by atoms with Crippen molar-refractivity contribution < 1.29 is 19.0 Å². The summed E-state index contributed by atoms with van der Waals surface area (Å²) in [5, 5.41) is 0. The first-order valence-corrected chi connectivity index (χ1v) is 8.19. The number of hydrogen-bond donors (Lipinski definition) is 0. The number of benzene rings is 1. The highest BCUT2D eigenvalue weighted by molar-refractivity contribution is 5.81. The predicted octanol–water partition coefficient (Wildman–Crippen LogP) is 1.93. The van der Waals surface area contributed by atoms with Crippen LogP contribution in [-0.2, 0) is 4.79 Å². The molecular weight excluding hydrogens is 322 g/mol. The molecule has 0 spiro atoms. The van der Waals surface area contributed by atoms with Crippen LogP contribution in [0.3, 0.4) is 0 Å². The second-order valence-electron chi connectivity index (χ2n) is 5.76. The summed E-state index contributed by atoms with van der Waals surface area (Å²) in [4.78, 5) is 22.5. The third-order valence-corrected chi connectivity index (χ3v) is 3.97. The summed E-state index contributed by atoms with van der Waals surface area (Å²) in [6.07, 6.45) is 3.12. The highest BCUT2D eigenvalue weighted by Crippen LogP contribution is 2.24. The maximum absolute atomic E-state index is 12.6. The molecule has 1 amide bonds. The van der Waals surface area contributed by atoms with Crippen LogP contribution in [-0.4, -0.2) is 53.2 Å². The Balaban J connectivity index is 1.56. The molecule has 2 aromatic rings. The van der Waals surface area contributed by atoms with Crippen molar-refractivity contribution in [1.29, 1.82) is 0 Å². The fourth-order valence-corrected chi connectivity index (χ4v) is 2.73. The third-order valence-electron chi connectivity index (χ3n) is 3.97. The molecule has 1 aliphatic heterocycles. The number of amides is 1. The van der Waals surface area contributed by atoms with Gasteiger partial charge < -0.3 is 19.1 Å². The summed E-state index contributed by atoms with van der Waals surface area (Å²) in [6.45, 7) is 2.87. The van der Waals surface area contributed by atoms with Gasteiger partial charge in [-0.25, -0.2) is 9.97 Å². The Morgan fingerprint density at radius 2 is 1.92 bits per heavy atom.